The molecule has 0 radical (unpaired) electrons. The van der Waals surface area contributed by atoms with Gasteiger partial charge in [-0.3, -0.25) is 0 Å². The summed E-state index contributed by atoms with van der Waals surface area (Å²) in [4.78, 5) is 14.4. The third-order valence-corrected chi connectivity index (χ3v) is 6.36. The maximum absolute atomic E-state index is 12.3. The first-order valence-corrected chi connectivity index (χ1v) is 10.2. The molecule has 2 heterocycles. The Balaban J connectivity index is 1.67. The molecule has 126 valence electrons. The van der Waals surface area contributed by atoms with Gasteiger partial charge in [0.1, 0.15) is 10.6 Å². The molecule has 24 heavy (non-hydrogen) atoms. The molecule has 2 nitrogen and oxygen atoms in total. The summed E-state index contributed by atoms with van der Waals surface area (Å²) in [6.45, 7) is 4.33. The smallest absolute Gasteiger partial charge is 0.353 e. The van der Waals surface area contributed by atoms with Crippen molar-refractivity contribution in [1.82, 2.24) is 0 Å². The van der Waals surface area contributed by atoms with E-state index >= 15 is 0 Å². The highest BCUT2D eigenvalue weighted by atomic mass is 32.1. The molecule has 0 saturated carbocycles. The van der Waals surface area contributed by atoms with E-state index in [2.05, 4.69) is 19.9 Å². The van der Waals surface area contributed by atoms with E-state index in [1.165, 1.54) is 50.4 Å². The monoisotopic (exact) mass is 358 g/mol. The van der Waals surface area contributed by atoms with E-state index in [1.54, 1.807) is 11.3 Å². The lowest BCUT2D eigenvalue weighted by Crippen LogP contribution is -2.06. The number of hydrogen-bond acceptors (Lipinski definition) is 4. The normalized spacial score (nSPS) is 11.1. The molecule has 4 heteroatoms. The summed E-state index contributed by atoms with van der Waals surface area (Å²) in [6.07, 6.45) is 5.89. The lowest BCUT2D eigenvalue weighted by molar-refractivity contribution is 0.0740. The molecule has 0 atom stereocenters. The van der Waals surface area contributed by atoms with Crippen molar-refractivity contribution in [3.05, 3.63) is 51.7 Å². The molecule has 0 aliphatic carbocycles. The van der Waals surface area contributed by atoms with Crippen LogP contribution in [0.25, 0.3) is 9.40 Å². The summed E-state index contributed by atoms with van der Waals surface area (Å²) >= 11 is 3.33. The van der Waals surface area contributed by atoms with Gasteiger partial charge in [0.05, 0.1) is 0 Å². The maximum atomic E-state index is 12.3. The van der Waals surface area contributed by atoms with Crippen LogP contribution < -0.4 is 4.74 Å². The molecule has 0 unspecified atom stereocenters. The van der Waals surface area contributed by atoms with E-state index in [4.69, 9.17) is 4.74 Å². The Hall–Kier alpha value is -1.65. The highest BCUT2D eigenvalue weighted by Crippen LogP contribution is 2.34. The van der Waals surface area contributed by atoms with Gasteiger partial charge in [-0.05, 0) is 49.1 Å². The zero-order valence-corrected chi connectivity index (χ0v) is 15.8. The van der Waals surface area contributed by atoms with Gasteiger partial charge >= 0.3 is 5.97 Å². The van der Waals surface area contributed by atoms with Crippen LogP contribution in [-0.2, 0) is 12.8 Å². The third kappa shape index (κ3) is 4.05. The van der Waals surface area contributed by atoms with Crippen molar-refractivity contribution >= 4 is 38.0 Å². The first-order chi connectivity index (χ1) is 11.7. The fourth-order valence-corrected chi connectivity index (χ4v) is 4.95. The van der Waals surface area contributed by atoms with Crippen LogP contribution in [0.15, 0.2) is 36.4 Å². The van der Waals surface area contributed by atoms with Gasteiger partial charge in [-0.15, -0.1) is 22.7 Å². The summed E-state index contributed by atoms with van der Waals surface area (Å²) in [5.74, 6) is 0.342. The van der Waals surface area contributed by atoms with Crippen molar-refractivity contribution in [3.8, 4) is 5.75 Å². The molecule has 0 aliphatic heterocycles. The number of fused-ring (bicyclic) bond motifs is 1. The Morgan fingerprint density at radius 3 is 2.42 bits per heavy atom. The number of carbonyl (C=O) groups excluding carboxylic acids is 1. The van der Waals surface area contributed by atoms with Crippen LogP contribution in [0.4, 0.5) is 0 Å². The summed E-state index contributed by atoms with van der Waals surface area (Å²) in [5, 5.41) is 0. The highest BCUT2D eigenvalue weighted by Gasteiger charge is 2.15. The van der Waals surface area contributed by atoms with E-state index < -0.39 is 0 Å². The van der Waals surface area contributed by atoms with Gasteiger partial charge in [-0.2, -0.15) is 0 Å². The van der Waals surface area contributed by atoms with Crippen molar-refractivity contribution in [2.24, 2.45) is 0 Å². The second kappa shape index (κ2) is 7.95. The van der Waals surface area contributed by atoms with Gasteiger partial charge in [0.25, 0.3) is 0 Å². The molecule has 0 bridgehead atoms. The van der Waals surface area contributed by atoms with E-state index in [1.807, 2.05) is 30.3 Å². The Morgan fingerprint density at radius 1 is 1.00 bits per heavy atom. The fourth-order valence-electron chi connectivity index (χ4n) is 2.61. The SMILES string of the molecule is CCCCCc1cc2sc(C(=O)Oc3ccc(CC)cc3)cc2s1. The molecular weight excluding hydrogens is 336 g/mol. The maximum Gasteiger partial charge on any atom is 0.353 e. The van der Waals surface area contributed by atoms with Crippen LogP contribution in [0.5, 0.6) is 5.75 Å². The Kier molecular flexibility index (Phi) is 5.69. The molecule has 0 fully saturated rings. The number of hydrogen-bond donors (Lipinski definition) is 0. The second-order valence-corrected chi connectivity index (χ2v) is 8.15. The van der Waals surface area contributed by atoms with E-state index in [0.29, 0.717) is 10.6 Å². The van der Waals surface area contributed by atoms with Gasteiger partial charge in [0, 0.05) is 14.3 Å². The molecule has 0 amide bonds. The van der Waals surface area contributed by atoms with Crippen LogP contribution in [0.3, 0.4) is 0 Å². The van der Waals surface area contributed by atoms with Gasteiger partial charge in [-0.25, -0.2) is 4.79 Å². The molecule has 1 aromatic carbocycles. The third-order valence-electron chi connectivity index (χ3n) is 4.03. The summed E-state index contributed by atoms with van der Waals surface area (Å²) in [6, 6.07) is 11.9. The number of ether oxygens (including phenoxy) is 1. The number of aryl methyl sites for hydroxylation is 2. The second-order valence-electron chi connectivity index (χ2n) is 5.90. The van der Waals surface area contributed by atoms with Crippen molar-refractivity contribution in [1.29, 1.82) is 0 Å². The average molecular weight is 359 g/mol. The van der Waals surface area contributed by atoms with Crippen LogP contribution >= 0.6 is 22.7 Å². The van der Waals surface area contributed by atoms with Gasteiger partial charge in [-0.1, -0.05) is 38.8 Å². The van der Waals surface area contributed by atoms with Crippen LogP contribution in [0.1, 0.15) is 53.2 Å². The molecule has 2 aromatic heterocycles. The Bertz CT molecular complexity index is 780. The Morgan fingerprint density at radius 2 is 1.75 bits per heavy atom. The van der Waals surface area contributed by atoms with Gasteiger partial charge < -0.3 is 4.74 Å². The van der Waals surface area contributed by atoms with Crippen LogP contribution in [0, 0.1) is 0 Å². The number of carbonyl (C=O) groups is 1. The van der Waals surface area contributed by atoms with E-state index in [9.17, 15) is 4.79 Å². The zero-order chi connectivity index (χ0) is 16.9. The first-order valence-electron chi connectivity index (χ1n) is 8.53. The number of unbranched alkanes of at least 4 members (excludes halogenated alkanes) is 2. The minimum atomic E-state index is -0.264. The van der Waals surface area contributed by atoms with E-state index in [0.717, 1.165) is 12.8 Å². The summed E-state index contributed by atoms with van der Waals surface area (Å²) in [7, 11) is 0. The molecule has 0 spiro atoms. The predicted molar refractivity (Wildman–Crippen MR) is 104 cm³/mol. The minimum absolute atomic E-state index is 0.264. The summed E-state index contributed by atoms with van der Waals surface area (Å²) < 4.78 is 7.87. The van der Waals surface area contributed by atoms with Crippen molar-refractivity contribution in [3.63, 3.8) is 0 Å². The van der Waals surface area contributed by atoms with Crippen molar-refractivity contribution in [2.45, 2.75) is 46.0 Å². The topological polar surface area (TPSA) is 26.3 Å². The zero-order valence-electron chi connectivity index (χ0n) is 14.1. The molecular formula is C20H22O2S2. The van der Waals surface area contributed by atoms with E-state index in [-0.39, 0.29) is 5.97 Å². The molecule has 3 aromatic rings. The highest BCUT2D eigenvalue weighted by molar-refractivity contribution is 7.28. The standard InChI is InChI=1S/C20H22O2S2/c1-3-5-6-7-16-12-17-18(23-16)13-19(24-17)20(21)22-15-10-8-14(4-2)9-11-15/h8-13H,3-7H2,1-2H3. The Labute approximate surface area is 151 Å². The lowest BCUT2D eigenvalue weighted by Gasteiger charge is -2.03. The quantitative estimate of drug-likeness (QED) is 0.274. The van der Waals surface area contributed by atoms with Crippen LogP contribution in [-0.4, -0.2) is 5.97 Å². The molecule has 0 saturated heterocycles. The number of thiophene rings is 2. The number of benzene rings is 1. The number of rotatable bonds is 7. The van der Waals surface area contributed by atoms with Crippen LogP contribution in [0.2, 0.25) is 0 Å². The van der Waals surface area contributed by atoms with Crippen molar-refractivity contribution < 1.29 is 9.53 Å². The van der Waals surface area contributed by atoms with Gasteiger partial charge in [0.2, 0.25) is 0 Å². The largest absolute Gasteiger partial charge is 0.422 e. The summed E-state index contributed by atoms with van der Waals surface area (Å²) in [5.41, 5.74) is 1.24. The number of esters is 1. The lowest BCUT2D eigenvalue weighted by atomic mass is 10.2. The first kappa shape index (κ1) is 17.2. The predicted octanol–water partition coefficient (Wildman–Crippen LogP) is 6.48. The van der Waals surface area contributed by atoms with Crippen molar-refractivity contribution in [2.75, 3.05) is 0 Å². The fraction of sp³-hybridized carbons (Fsp3) is 0.350. The minimum Gasteiger partial charge on any atom is -0.422 e. The molecule has 3 rings (SSSR count). The average Bonchev–Trinajstić information content (AvgIpc) is 3.14. The molecule has 0 N–H and O–H groups in total. The van der Waals surface area contributed by atoms with Gasteiger partial charge in [0.15, 0.2) is 0 Å². The molecule has 0 aliphatic rings.